The Labute approximate surface area is 198 Å². The molecule has 3 rings (SSSR count). The van der Waals surface area contributed by atoms with E-state index in [2.05, 4.69) is 17.1 Å². The summed E-state index contributed by atoms with van der Waals surface area (Å²) in [6.07, 6.45) is 14.7. The fourth-order valence-corrected chi connectivity index (χ4v) is 5.33. The lowest BCUT2D eigenvalue weighted by Gasteiger charge is -2.27. The van der Waals surface area contributed by atoms with Gasteiger partial charge in [-0.1, -0.05) is 48.9 Å². The summed E-state index contributed by atoms with van der Waals surface area (Å²) >= 11 is 0. The average molecular weight is 454 g/mol. The molecular formula is C28H39NO4. The van der Waals surface area contributed by atoms with Crippen molar-refractivity contribution in [2.24, 2.45) is 16.8 Å². The lowest BCUT2D eigenvalue weighted by Crippen LogP contribution is -2.26. The number of carbonyl (C=O) groups is 2. The van der Waals surface area contributed by atoms with Gasteiger partial charge in [-0.25, -0.2) is 0 Å². The molecule has 2 fully saturated rings. The molecule has 5 nitrogen and oxygen atoms in total. The van der Waals surface area contributed by atoms with Gasteiger partial charge in [0.2, 0.25) is 0 Å². The second kappa shape index (κ2) is 13.4. The third kappa shape index (κ3) is 8.54. The highest BCUT2D eigenvalue weighted by Gasteiger charge is 2.47. The molecule has 1 aromatic carbocycles. The van der Waals surface area contributed by atoms with Crippen LogP contribution in [0, 0.1) is 11.8 Å². The van der Waals surface area contributed by atoms with E-state index in [9.17, 15) is 9.59 Å². The number of carboxylic acid groups (broad SMARTS) is 1. The van der Waals surface area contributed by atoms with Crippen molar-refractivity contribution < 1.29 is 19.4 Å². The Morgan fingerprint density at radius 2 is 1.82 bits per heavy atom. The highest BCUT2D eigenvalue weighted by Crippen LogP contribution is 2.47. The molecule has 0 radical (unpaired) electrons. The first-order valence-electron chi connectivity index (χ1n) is 12.6. The summed E-state index contributed by atoms with van der Waals surface area (Å²) in [7, 11) is 0. The van der Waals surface area contributed by atoms with Crippen LogP contribution in [0.2, 0.25) is 0 Å². The SMILES string of the molecule is CC(CC(=O)Cc1ccccc1)=NCCCC[C@@H]1[C@H](CC=CCCCC(=O)O)[C@@H]2CC[C@H]1O2. The van der Waals surface area contributed by atoms with Crippen molar-refractivity contribution in [3.05, 3.63) is 48.0 Å². The molecule has 0 aliphatic carbocycles. The van der Waals surface area contributed by atoms with E-state index in [1.165, 1.54) is 19.3 Å². The Balaban J connectivity index is 1.33. The van der Waals surface area contributed by atoms with Crippen LogP contribution in [0.1, 0.15) is 76.7 Å². The summed E-state index contributed by atoms with van der Waals surface area (Å²) in [6.45, 7) is 2.76. The molecule has 2 saturated heterocycles. The van der Waals surface area contributed by atoms with E-state index in [0.29, 0.717) is 43.3 Å². The van der Waals surface area contributed by atoms with Crippen molar-refractivity contribution in [3.63, 3.8) is 0 Å². The van der Waals surface area contributed by atoms with Gasteiger partial charge < -0.3 is 9.84 Å². The highest BCUT2D eigenvalue weighted by molar-refractivity contribution is 6.01. The number of nitrogens with zero attached hydrogens (tertiary/aromatic N) is 1. The van der Waals surface area contributed by atoms with Crippen LogP contribution in [-0.4, -0.2) is 41.3 Å². The topological polar surface area (TPSA) is 76.0 Å². The van der Waals surface area contributed by atoms with Crippen molar-refractivity contribution in [1.82, 2.24) is 0 Å². The first kappa shape index (κ1) is 25.4. The molecule has 33 heavy (non-hydrogen) atoms. The monoisotopic (exact) mass is 453 g/mol. The van der Waals surface area contributed by atoms with Gasteiger partial charge >= 0.3 is 5.97 Å². The Kier molecular flexibility index (Phi) is 10.3. The van der Waals surface area contributed by atoms with E-state index < -0.39 is 5.97 Å². The number of aliphatic carboxylic acids is 1. The van der Waals surface area contributed by atoms with E-state index in [1.807, 2.05) is 37.3 Å². The van der Waals surface area contributed by atoms with E-state index in [-0.39, 0.29) is 12.2 Å². The molecule has 2 aliphatic rings. The van der Waals surface area contributed by atoms with Crippen LogP contribution < -0.4 is 0 Å². The largest absolute Gasteiger partial charge is 0.481 e. The number of rotatable bonds is 15. The predicted molar refractivity (Wildman–Crippen MR) is 132 cm³/mol. The number of Topliss-reactive ketones (excluding diaryl/α,β-unsaturated/α-hetero) is 1. The molecular weight excluding hydrogens is 414 g/mol. The minimum absolute atomic E-state index is 0.223. The van der Waals surface area contributed by atoms with Crippen LogP contribution in [0.4, 0.5) is 0 Å². The molecule has 2 bridgehead atoms. The first-order chi connectivity index (χ1) is 16.0. The minimum Gasteiger partial charge on any atom is -0.481 e. The number of carboxylic acids is 1. The summed E-state index contributed by atoms with van der Waals surface area (Å²) in [5, 5.41) is 8.73. The Hall–Kier alpha value is -2.27. The van der Waals surface area contributed by atoms with Gasteiger partial charge in [-0.2, -0.15) is 0 Å². The molecule has 2 heterocycles. The molecule has 1 N–H and O–H groups in total. The average Bonchev–Trinajstić information content (AvgIpc) is 3.38. The number of ketones is 1. The number of allylic oxidation sites excluding steroid dienone is 2. The van der Waals surface area contributed by atoms with Gasteiger partial charge in [0.1, 0.15) is 5.78 Å². The van der Waals surface area contributed by atoms with Crippen molar-refractivity contribution in [3.8, 4) is 0 Å². The third-order valence-corrected chi connectivity index (χ3v) is 6.95. The highest BCUT2D eigenvalue weighted by atomic mass is 16.5. The van der Waals surface area contributed by atoms with Crippen LogP contribution in [0.15, 0.2) is 47.5 Å². The predicted octanol–water partition coefficient (Wildman–Crippen LogP) is 5.81. The van der Waals surface area contributed by atoms with Crippen molar-refractivity contribution >= 4 is 17.5 Å². The number of ether oxygens (including phenoxy) is 1. The number of unbranched alkanes of at least 4 members (excludes halogenated alkanes) is 2. The van der Waals surface area contributed by atoms with Crippen molar-refractivity contribution in [2.45, 2.75) is 89.8 Å². The maximum atomic E-state index is 12.2. The van der Waals surface area contributed by atoms with Crippen LogP contribution in [0.5, 0.6) is 0 Å². The number of hydrogen-bond donors (Lipinski definition) is 1. The Bertz CT molecular complexity index is 816. The molecule has 0 amide bonds. The zero-order valence-corrected chi connectivity index (χ0v) is 20.0. The molecule has 0 aromatic heterocycles. The lowest BCUT2D eigenvalue weighted by atomic mass is 9.75. The normalized spacial score (nSPS) is 24.6. The maximum Gasteiger partial charge on any atom is 0.303 e. The Morgan fingerprint density at radius 1 is 1.06 bits per heavy atom. The molecule has 0 unspecified atom stereocenters. The van der Waals surface area contributed by atoms with Gasteiger partial charge in [-0.3, -0.25) is 14.6 Å². The van der Waals surface area contributed by atoms with Gasteiger partial charge in [0.15, 0.2) is 0 Å². The number of benzene rings is 1. The van der Waals surface area contributed by atoms with Gasteiger partial charge in [0.25, 0.3) is 0 Å². The van der Waals surface area contributed by atoms with Crippen LogP contribution in [0.3, 0.4) is 0 Å². The standard InChI is InChI=1S/C28H39NO4/c1-21(19-23(30)20-22-11-5-4-6-12-22)29-18-10-9-14-25-24(26-16-17-27(25)33-26)13-7-2-3-8-15-28(31)32/h2,4-7,11-12,24-27H,3,8-10,13-20H2,1H3,(H,31,32)/t24-,25+,26-,27+/m0/s1. The van der Waals surface area contributed by atoms with Gasteiger partial charge in [-0.15, -0.1) is 0 Å². The minimum atomic E-state index is -0.719. The second-order valence-corrected chi connectivity index (χ2v) is 9.60. The van der Waals surface area contributed by atoms with Gasteiger partial charge in [0, 0.05) is 31.5 Å². The maximum absolute atomic E-state index is 12.2. The van der Waals surface area contributed by atoms with Gasteiger partial charge in [-0.05, 0) is 69.3 Å². The van der Waals surface area contributed by atoms with Crippen molar-refractivity contribution in [2.75, 3.05) is 6.54 Å². The number of fused-ring (bicyclic) bond motifs is 2. The van der Waals surface area contributed by atoms with E-state index in [1.54, 1.807) is 0 Å². The fraction of sp³-hybridized carbons (Fsp3) is 0.607. The summed E-state index contributed by atoms with van der Waals surface area (Å²) in [4.78, 5) is 27.5. The molecule has 0 spiro atoms. The van der Waals surface area contributed by atoms with Crippen molar-refractivity contribution in [1.29, 1.82) is 0 Å². The molecule has 2 aliphatic heterocycles. The molecule has 4 atom stereocenters. The zero-order chi connectivity index (χ0) is 23.5. The zero-order valence-electron chi connectivity index (χ0n) is 20.0. The number of carbonyl (C=O) groups excluding carboxylic acids is 1. The van der Waals surface area contributed by atoms with E-state index in [0.717, 1.165) is 43.5 Å². The quantitative estimate of drug-likeness (QED) is 0.206. The molecule has 0 saturated carbocycles. The summed E-state index contributed by atoms with van der Waals surface area (Å²) < 4.78 is 6.22. The van der Waals surface area contributed by atoms with Crippen LogP contribution in [0.25, 0.3) is 0 Å². The van der Waals surface area contributed by atoms with Gasteiger partial charge in [0.05, 0.1) is 12.2 Å². The fourth-order valence-electron chi connectivity index (χ4n) is 5.33. The summed E-state index contributed by atoms with van der Waals surface area (Å²) in [6, 6.07) is 9.88. The van der Waals surface area contributed by atoms with E-state index in [4.69, 9.17) is 9.84 Å². The summed E-state index contributed by atoms with van der Waals surface area (Å²) in [5.74, 6) is 0.731. The van der Waals surface area contributed by atoms with Crippen LogP contribution in [-0.2, 0) is 20.7 Å². The lowest BCUT2D eigenvalue weighted by molar-refractivity contribution is -0.137. The number of hydrogen-bond acceptors (Lipinski definition) is 4. The third-order valence-electron chi connectivity index (χ3n) is 6.95. The molecule has 1 aromatic rings. The van der Waals surface area contributed by atoms with E-state index >= 15 is 0 Å². The van der Waals surface area contributed by atoms with Crippen LogP contribution >= 0.6 is 0 Å². The summed E-state index contributed by atoms with van der Waals surface area (Å²) in [5.41, 5.74) is 2.00. The number of aliphatic imine (C=N–C) groups is 1. The Morgan fingerprint density at radius 3 is 2.58 bits per heavy atom. The first-order valence-corrected chi connectivity index (χ1v) is 12.6. The molecule has 180 valence electrons. The second-order valence-electron chi connectivity index (χ2n) is 9.60. The molecule has 5 heteroatoms. The smallest absolute Gasteiger partial charge is 0.303 e.